The highest BCUT2D eigenvalue weighted by Gasteiger charge is 2.20. The summed E-state index contributed by atoms with van der Waals surface area (Å²) in [6.07, 6.45) is 0. The molecule has 1 aromatic rings. The minimum absolute atomic E-state index is 0.0315. The van der Waals surface area contributed by atoms with Crippen molar-refractivity contribution in [3.8, 4) is 5.75 Å². The van der Waals surface area contributed by atoms with Crippen LogP contribution in [-0.2, 0) is 9.59 Å². The van der Waals surface area contributed by atoms with Crippen LogP contribution in [0.5, 0.6) is 5.75 Å². The van der Waals surface area contributed by atoms with Crippen LogP contribution in [0.15, 0.2) is 12.1 Å². The fraction of sp³-hybridized carbons (Fsp3) is 0.333. The number of phenols is 1. The first-order valence-corrected chi connectivity index (χ1v) is 4.96. The van der Waals surface area contributed by atoms with Crippen molar-refractivity contribution in [1.82, 2.24) is 0 Å². The number of amides is 2. The molecular formula is C12H15NO3. The molecule has 4 heteroatoms. The van der Waals surface area contributed by atoms with E-state index >= 15 is 0 Å². The van der Waals surface area contributed by atoms with E-state index in [9.17, 15) is 14.7 Å². The molecule has 2 amide bonds. The van der Waals surface area contributed by atoms with Crippen LogP contribution in [0.2, 0.25) is 0 Å². The Labute approximate surface area is 94.5 Å². The summed E-state index contributed by atoms with van der Waals surface area (Å²) in [6.45, 7) is 6.15. The third kappa shape index (κ3) is 2.21. The Bertz CT molecular complexity index is 438. The topological polar surface area (TPSA) is 57.6 Å². The molecule has 0 aliphatic carbocycles. The molecule has 0 fully saturated rings. The Hall–Kier alpha value is -1.84. The lowest BCUT2D eigenvalue weighted by atomic mass is 10.1. The van der Waals surface area contributed by atoms with Crippen molar-refractivity contribution < 1.29 is 14.7 Å². The number of carbonyl (C=O) groups excluding carboxylic acids is 2. The highest BCUT2D eigenvalue weighted by Crippen LogP contribution is 2.32. The van der Waals surface area contributed by atoms with Crippen LogP contribution in [0.3, 0.4) is 0 Å². The van der Waals surface area contributed by atoms with Gasteiger partial charge in [0.25, 0.3) is 0 Å². The van der Waals surface area contributed by atoms with Gasteiger partial charge in [-0.05, 0) is 31.0 Å². The second kappa shape index (κ2) is 4.35. The Morgan fingerprint density at radius 1 is 1.12 bits per heavy atom. The molecule has 0 aliphatic rings. The van der Waals surface area contributed by atoms with Crippen LogP contribution in [0.1, 0.15) is 25.0 Å². The number of hydrogen-bond donors (Lipinski definition) is 1. The van der Waals surface area contributed by atoms with Crippen LogP contribution in [0, 0.1) is 13.8 Å². The van der Waals surface area contributed by atoms with Crippen molar-refractivity contribution in [1.29, 1.82) is 0 Å². The first-order chi connectivity index (χ1) is 7.34. The van der Waals surface area contributed by atoms with Gasteiger partial charge in [-0.25, -0.2) is 4.90 Å². The number of aromatic hydroxyl groups is 1. The van der Waals surface area contributed by atoms with E-state index in [-0.39, 0.29) is 11.4 Å². The largest absolute Gasteiger partial charge is 0.505 e. The van der Waals surface area contributed by atoms with Crippen LogP contribution < -0.4 is 4.90 Å². The molecule has 0 bridgehead atoms. The van der Waals surface area contributed by atoms with E-state index in [1.807, 2.05) is 6.92 Å². The zero-order chi connectivity index (χ0) is 12.5. The summed E-state index contributed by atoms with van der Waals surface area (Å²) in [6, 6.07) is 3.41. The quantitative estimate of drug-likeness (QED) is 0.788. The third-order valence-corrected chi connectivity index (χ3v) is 2.30. The highest BCUT2D eigenvalue weighted by atomic mass is 16.3. The van der Waals surface area contributed by atoms with Crippen LogP contribution in [-0.4, -0.2) is 16.9 Å². The van der Waals surface area contributed by atoms with Crippen LogP contribution in [0.4, 0.5) is 5.69 Å². The summed E-state index contributed by atoms with van der Waals surface area (Å²) >= 11 is 0. The van der Waals surface area contributed by atoms with Crippen LogP contribution in [0.25, 0.3) is 0 Å². The predicted octanol–water partition coefficient (Wildman–Crippen LogP) is 1.91. The molecule has 0 heterocycles. The number of phenolic OH excluding ortho intramolecular Hbond substituents is 1. The second-order valence-electron chi connectivity index (χ2n) is 3.82. The Balaban J connectivity index is 3.40. The van der Waals surface area contributed by atoms with Gasteiger partial charge in [-0.2, -0.15) is 0 Å². The van der Waals surface area contributed by atoms with Gasteiger partial charge in [0.1, 0.15) is 5.75 Å². The number of anilines is 1. The van der Waals surface area contributed by atoms with Gasteiger partial charge in [0, 0.05) is 13.8 Å². The van der Waals surface area contributed by atoms with Crippen molar-refractivity contribution >= 4 is 17.5 Å². The first kappa shape index (κ1) is 12.2. The first-order valence-electron chi connectivity index (χ1n) is 4.96. The SMILES string of the molecule is CC(=O)N(C(C)=O)c1cc(C)cc(C)c1O. The van der Waals surface area contributed by atoms with Gasteiger partial charge in [0.05, 0.1) is 5.69 Å². The van der Waals surface area contributed by atoms with Crippen molar-refractivity contribution in [2.24, 2.45) is 0 Å². The molecule has 1 aromatic carbocycles. The third-order valence-electron chi connectivity index (χ3n) is 2.30. The normalized spacial score (nSPS) is 10.0. The summed E-state index contributed by atoms with van der Waals surface area (Å²) in [7, 11) is 0. The minimum atomic E-state index is -0.409. The number of hydrogen-bond acceptors (Lipinski definition) is 3. The van der Waals surface area contributed by atoms with Gasteiger partial charge < -0.3 is 5.11 Å². The van der Waals surface area contributed by atoms with E-state index in [1.54, 1.807) is 19.1 Å². The molecule has 86 valence electrons. The average Bonchev–Trinajstić information content (AvgIpc) is 2.12. The Morgan fingerprint density at radius 3 is 2.06 bits per heavy atom. The second-order valence-corrected chi connectivity index (χ2v) is 3.82. The molecule has 0 saturated heterocycles. The van der Waals surface area contributed by atoms with E-state index in [4.69, 9.17) is 0 Å². The van der Waals surface area contributed by atoms with E-state index in [2.05, 4.69) is 0 Å². The molecule has 0 atom stereocenters. The molecule has 16 heavy (non-hydrogen) atoms. The molecule has 0 aliphatic heterocycles. The molecule has 0 radical (unpaired) electrons. The van der Waals surface area contributed by atoms with Gasteiger partial charge in [-0.15, -0.1) is 0 Å². The van der Waals surface area contributed by atoms with Crippen molar-refractivity contribution in [2.45, 2.75) is 27.7 Å². The number of nitrogens with zero attached hydrogens (tertiary/aromatic N) is 1. The average molecular weight is 221 g/mol. The molecule has 4 nitrogen and oxygen atoms in total. The molecular weight excluding hydrogens is 206 g/mol. The van der Waals surface area contributed by atoms with Gasteiger partial charge >= 0.3 is 0 Å². The minimum Gasteiger partial charge on any atom is -0.505 e. The van der Waals surface area contributed by atoms with E-state index in [0.717, 1.165) is 10.5 Å². The number of benzene rings is 1. The van der Waals surface area contributed by atoms with Gasteiger partial charge in [-0.1, -0.05) is 6.07 Å². The van der Waals surface area contributed by atoms with Crippen molar-refractivity contribution in [3.63, 3.8) is 0 Å². The summed E-state index contributed by atoms with van der Waals surface area (Å²) in [5.41, 5.74) is 1.78. The lowest BCUT2D eigenvalue weighted by molar-refractivity contribution is -0.124. The number of carbonyl (C=O) groups is 2. The van der Waals surface area contributed by atoms with Crippen molar-refractivity contribution in [3.05, 3.63) is 23.3 Å². The maximum absolute atomic E-state index is 11.4. The lowest BCUT2D eigenvalue weighted by Gasteiger charge is -2.20. The zero-order valence-electron chi connectivity index (χ0n) is 9.87. The lowest BCUT2D eigenvalue weighted by Crippen LogP contribution is -2.33. The maximum Gasteiger partial charge on any atom is 0.230 e. The summed E-state index contributed by atoms with van der Waals surface area (Å²) in [5.74, 6) is -0.850. The molecule has 0 aromatic heterocycles. The molecule has 0 spiro atoms. The van der Waals surface area contributed by atoms with Crippen molar-refractivity contribution in [2.75, 3.05) is 4.90 Å². The predicted molar refractivity (Wildman–Crippen MR) is 61.4 cm³/mol. The fourth-order valence-electron chi connectivity index (χ4n) is 1.67. The highest BCUT2D eigenvalue weighted by molar-refractivity contribution is 6.14. The summed E-state index contributed by atoms with van der Waals surface area (Å²) in [4.78, 5) is 23.7. The fourth-order valence-corrected chi connectivity index (χ4v) is 1.67. The van der Waals surface area contributed by atoms with Gasteiger partial charge in [0.15, 0.2) is 0 Å². The molecule has 1 N–H and O–H groups in total. The Morgan fingerprint density at radius 2 is 1.62 bits per heavy atom. The van der Waals surface area contributed by atoms with Gasteiger partial charge in [-0.3, -0.25) is 9.59 Å². The smallest absolute Gasteiger partial charge is 0.230 e. The Kier molecular flexibility index (Phi) is 3.32. The van der Waals surface area contributed by atoms with E-state index < -0.39 is 11.8 Å². The number of aryl methyl sites for hydroxylation is 2. The molecule has 1 rings (SSSR count). The summed E-state index contributed by atoms with van der Waals surface area (Å²) < 4.78 is 0. The standard InChI is InChI=1S/C12H15NO3/c1-7-5-8(2)12(16)11(6-7)13(9(3)14)10(4)15/h5-6,16H,1-4H3. The van der Waals surface area contributed by atoms with Crippen LogP contribution >= 0.6 is 0 Å². The number of imide groups is 1. The molecule has 0 unspecified atom stereocenters. The van der Waals surface area contributed by atoms with E-state index in [1.165, 1.54) is 13.8 Å². The monoisotopic (exact) mass is 221 g/mol. The van der Waals surface area contributed by atoms with Gasteiger partial charge in [0.2, 0.25) is 11.8 Å². The number of rotatable bonds is 1. The molecule has 0 saturated carbocycles. The zero-order valence-corrected chi connectivity index (χ0v) is 9.87. The maximum atomic E-state index is 11.4. The summed E-state index contributed by atoms with van der Waals surface area (Å²) in [5, 5.41) is 9.84. The van der Waals surface area contributed by atoms with E-state index in [0.29, 0.717) is 5.56 Å².